The Hall–Kier alpha value is -0.860. The zero-order valence-electron chi connectivity index (χ0n) is 8.29. The molecule has 0 aromatic heterocycles. The molecule has 3 N–H and O–H groups in total. The minimum Gasteiger partial charge on any atom is -0.396 e. The molecule has 0 aliphatic carbocycles. The predicted molar refractivity (Wildman–Crippen MR) is 57.4 cm³/mol. The van der Waals surface area contributed by atoms with E-state index >= 15 is 0 Å². The van der Waals surface area contributed by atoms with Crippen molar-refractivity contribution in [2.45, 2.75) is 19.8 Å². The van der Waals surface area contributed by atoms with Crippen LogP contribution < -0.4 is 5.73 Å². The van der Waals surface area contributed by atoms with E-state index in [1.165, 1.54) is 5.57 Å². The number of aliphatic hydroxyl groups excluding tert-OH is 1. The third kappa shape index (κ3) is 7.50. The van der Waals surface area contributed by atoms with E-state index in [4.69, 9.17) is 10.8 Å². The Bertz CT molecular complexity index is 204. The average Bonchev–Trinajstić information content (AvgIpc) is 2.14. The first-order chi connectivity index (χ1) is 6.20. The van der Waals surface area contributed by atoms with E-state index in [0.29, 0.717) is 6.54 Å². The fourth-order valence-corrected chi connectivity index (χ4v) is 0.874. The van der Waals surface area contributed by atoms with E-state index in [0.717, 1.165) is 18.4 Å². The molecule has 0 saturated heterocycles. The van der Waals surface area contributed by atoms with Gasteiger partial charge >= 0.3 is 0 Å². The average molecular weight is 181 g/mol. The highest BCUT2D eigenvalue weighted by atomic mass is 16.2. The van der Waals surface area contributed by atoms with Crippen molar-refractivity contribution >= 4 is 0 Å². The fraction of sp³-hybridized carbons (Fsp3) is 0.455. The first kappa shape index (κ1) is 12.1. The topological polar surface area (TPSA) is 46.2 Å². The molecule has 74 valence electrons. The van der Waals surface area contributed by atoms with Crippen LogP contribution in [0, 0.1) is 0 Å². The van der Waals surface area contributed by atoms with Crippen molar-refractivity contribution in [3.63, 3.8) is 0 Å². The van der Waals surface area contributed by atoms with Crippen LogP contribution in [-0.2, 0) is 0 Å². The summed E-state index contributed by atoms with van der Waals surface area (Å²) < 4.78 is 0. The van der Waals surface area contributed by atoms with Gasteiger partial charge in [0.25, 0.3) is 0 Å². The second-order valence-corrected chi connectivity index (χ2v) is 3.03. The molecule has 13 heavy (non-hydrogen) atoms. The van der Waals surface area contributed by atoms with Gasteiger partial charge in [-0.15, -0.1) is 0 Å². The van der Waals surface area contributed by atoms with Crippen molar-refractivity contribution in [1.29, 1.82) is 0 Å². The summed E-state index contributed by atoms with van der Waals surface area (Å²) in [6.07, 6.45) is 7.65. The van der Waals surface area contributed by atoms with Gasteiger partial charge in [0, 0.05) is 13.2 Å². The maximum absolute atomic E-state index is 8.57. The Morgan fingerprint density at radius 2 is 2.23 bits per heavy atom. The van der Waals surface area contributed by atoms with Crippen LogP contribution >= 0.6 is 0 Å². The van der Waals surface area contributed by atoms with Crippen LogP contribution in [0.3, 0.4) is 0 Å². The number of hydrogen-bond acceptors (Lipinski definition) is 2. The van der Waals surface area contributed by atoms with E-state index in [2.05, 4.69) is 6.58 Å². The number of allylic oxidation sites excluding steroid dienone is 2. The second-order valence-electron chi connectivity index (χ2n) is 3.03. The van der Waals surface area contributed by atoms with Crippen LogP contribution in [0.15, 0.2) is 36.0 Å². The molecule has 0 aromatic rings. The van der Waals surface area contributed by atoms with Gasteiger partial charge in [0.15, 0.2) is 0 Å². The Morgan fingerprint density at radius 3 is 2.77 bits per heavy atom. The third-order valence-corrected chi connectivity index (χ3v) is 1.68. The number of aliphatic hydroxyl groups is 1. The Balaban J connectivity index is 3.74. The van der Waals surface area contributed by atoms with Crippen LogP contribution in [0.25, 0.3) is 0 Å². The quantitative estimate of drug-likeness (QED) is 0.484. The molecule has 0 bridgehead atoms. The first-order valence-corrected chi connectivity index (χ1v) is 4.51. The van der Waals surface area contributed by atoms with Gasteiger partial charge in [0.1, 0.15) is 0 Å². The monoisotopic (exact) mass is 181 g/mol. The molecule has 0 aliphatic rings. The Labute approximate surface area is 80.5 Å². The van der Waals surface area contributed by atoms with Crippen molar-refractivity contribution in [3.05, 3.63) is 36.0 Å². The molecule has 0 heterocycles. The van der Waals surface area contributed by atoms with Crippen molar-refractivity contribution in [3.8, 4) is 0 Å². The maximum atomic E-state index is 8.57. The van der Waals surface area contributed by atoms with Crippen LogP contribution in [0.5, 0.6) is 0 Å². The van der Waals surface area contributed by atoms with Gasteiger partial charge < -0.3 is 10.8 Å². The molecule has 0 unspecified atom stereocenters. The SMILES string of the molecule is C=C(/C=C\CC(C)=CCCO)CN. The van der Waals surface area contributed by atoms with Crippen molar-refractivity contribution in [1.82, 2.24) is 0 Å². The maximum Gasteiger partial charge on any atom is 0.0465 e. The Morgan fingerprint density at radius 1 is 1.54 bits per heavy atom. The molecular formula is C11H19NO. The lowest BCUT2D eigenvalue weighted by Crippen LogP contribution is -1.98. The molecular weight excluding hydrogens is 162 g/mol. The van der Waals surface area contributed by atoms with Gasteiger partial charge in [-0.2, -0.15) is 0 Å². The molecule has 2 nitrogen and oxygen atoms in total. The third-order valence-electron chi connectivity index (χ3n) is 1.68. The van der Waals surface area contributed by atoms with Crippen molar-refractivity contribution in [2.24, 2.45) is 5.73 Å². The summed E-state index contributed by atoms with van der Waals surface area (Å²) in [6, 6.07) is 0. The summed E-state index contributed by atoms with van der Waals surface area (Å²) in [7, 11) is 0. The van der Waals surface area contributed by atoms with E-state index < -0.39 is 0 Å². The van der Waals surface area contributed by atoms with Gasteiger partial charge in [0.2, 0.25) is 0 Å². The lowest BCUT2D eigenvalue weighted by molar-refractivity contribution is 0.302. The second kappa shape index (κ2) is 7.77. The Kier molecular flexibility index (Phi) is 7.26. The lowest BCUT2D eigenvalue weighted by Gasteiger charge is -1.95. The molecule has 0 saturated carbocycles. The van der Waals surface area contributed by atoms with E-state index in [-0.39, 0.29) is 6.61 Å². The van der Waals surface area contributed by atoms with Crippen LogP contribution in [0.2, 0.25) is 0 Å². The number of nitrogens with two attached hydrogens (primary N) is 1. The summed E-state index contributed by atoms with van der Waals surface area (Å²) in [5.41, 5.74) is 7.57. The normalized spacial score (nSPS) is 12.4. The fourth-order valence-electron chi connectivity index (χ4n) is 0.874. The summed E-state index contributed by atoms with van der Waals surface area (Å²) in [6.45, 7) is 6.54. The smallest absolute Gasteiger partial charge is 0.0465 e. The highest BCUT2D eigenvalue weighted by molar-refractivity contribution is 5.17. The minimum absolute atomic E-state index is 0.219. The molecule has 0 amide bonds. The highest BCUT2D eigenvalue weighted by Crippen LogP contribution is 2.03. The van der Waals surface area contributed by atoms with Gasteiger partial charge in [-0.05, 0) is 25.3 Å². The molecule has 0 radical (unpaired) electrons. The summed E-state index contributed by atoms with van der Waals surface area (Å²) in [5.74, 6) is 0. The minimum atomic E-state index is 0.219. The van der Waals surface area contributed by atoms with Gasteiger partial charge in [-0.25, -0.2) is 0 Å². The van der Waals surface area contributed by atoms with Gasteiger partial charge in [-0.3, -0.25) is 0 Å². The van der Waals surface area contributed by atoms with Crippen molar-refractivity contribution < 1.29 is 5.11 Å². The van der Waals surface area contributed by atoms with Crippen LogP contribution in [-0.4, -0.2) is 18.3 Å². The van der Waals surface area contributed by atoms with Crippen LogP contribution in [0.1, 0.15) is 19.8 Å². The molecule has 0 rings (SSSR count). The van der Waals surface area contributed by atoms with Gasteiger partial charge in [-0.1, -0.05) is 30.4 Å². The molecule has 0 aromatic carbocycles. The molecule has 0 fully saturated rings. The number of rotatable bonds is 6. The summed E-state index contributed by atoms with van der Waals surface area (Å²) in [5, 5.41) is 8.57. The van der Waals surface area contributed by atoms with E-state index in [1.807, 2.05) is 25.2 Å². The van der Waals surface area contributed by atoms with E-state index in [9.17, 15) is 0 Å². The standard InChI is InChI=1S/C11H19NO/c1-10(7-4-8-13)5-3-6-11(2)9-12/h3,6-7,13H,2,4-5,8-9,12H2,1H3/b6-3-,10-7?. The highest BCUT2D eigenvalue weighted by Gasteiger charge is 1.86. The molecule has 0 aliphatic heterocycles. The zero-order valence-corrected chi connectivity index (χ0v) is 8.29. The first-order valence-electron chi connectivity index (χ1n) is 4.51. The largest absolute Gasteiger partial charge is 0.396 e. The number of hydrogen-bond donors (Lipinski definition) is 2. The lowest BCUT2D eigenvalue weighted by atomic mass is 10.1. The summed E-state index contributed by atoms with van der Waals surface area (Å²) >= 11 is 0. The predicted octanol–water partition coefficient (Wildman–Crippen LogP) is 1.78. The van der Waals surface area contributed by atoms with Crippen LogP contribution in [0.4, 0.5) is 0 Å². The zero-order chi connectivity index (χ0) is 10.1. The summed E-state index contributed by atoms with van der Waals surface area (Å²) in [4.78, 5) is 0. The van der Waals surface area contributed by atoms with Gasteiger partial charge in [0.05, 0.1) is 0 Å². The molecule has 2 heteroatoms. The molecule has 0 spiro atoms. The van der Waals surface area contributed by atoms with E-state index in [1.54, 1.807) is 0 Å². The molecule has 0 atom stereocenters. The van der Waals surface area contributed by atoms with Crippen molar-refractivity contribution in [2.75, 3.05) is 13.2 Å².